The first-order valence-electron chi connectivity index (χ1n) is 7.99. The van der Waals surface area contributed by atoms with Crippen LogP contribution < -0.4 is 15.4 Å². The van der Waals surface area contributed by atoms with Gasteiger partial charge < -0.3 is 15.4 Å². The molecule has 2 aromatic rings. The monoisotopic (exact) mass is 401 g/mol. The molecular weight excluding hydrogens is 380 g/mol. The van der Waals surface area contributed by atoms with Crippen LogP contribution in [0.5, 0.6) is 11.6 Å². The molecule has 2 heterocycles. The van der Waals surface area contributed by atoms with Crippen molar-refractivity contribution in [2.24, 2.45) is 11.8 Å². The molecule has 1 fully saturated rings. The number of ether oxygens (including phenoxy) is 1. The van der Waals surface area contributed by atoms with Gasteiger partial charge in [-0.3, -0.25) is 4.79 Å². The maximum atomic E-state index is 13.3. The Labute approximate surface area is 164 Å². The number of carbonyl (C=O) groups is 1. The predicted molar refractivity (Wildman–Crippen MR) is 103 cm³/mol. The quantitative estimate of drug-likeness (QED) is 0.778. The van der Waals surface area contributed by atoms with Gasteiger partial charge in [-0.05, 0) is 37.2 Å². The number of benzene rings is 1. The van der Waals surface area contributed by atoms with E-state index in [0.717, 1.165) is 18.7 Å². The van der Waals surface area contributed by atoms with Gasteiger partial charge in [0.1, 0.15) is 11.6 Å². The highest BCUT2D eigenvalue weighted by molar-refractivity contribution is 5.85. The van der Waals surface area contributed by atoms with E-state index in [1.54, 1.807) is 24.4 Å². The van der Waals surface area contributed by atoms with Crippen LogP contribution >= 0.6 is 24.8 Å². The van der Waals surface area contributed by atoms with Gasteiger partial charge in [0.2, 0.25) is 11.8 Å². The van der Waals surface area contributed by atoms with Gasteiger partial charge in [-0.1, -0.05) is 19.1 Å². The van der Waals surface area contributed by atoms with Crippen molar-refractivity contribution in [2.75, 3.05) is 13.1 Å². The third-order valence-electron chi connectivity index (χ3n) is 4.25. The number of hydrogen-bond donors (Lipinski definition) is 2. The molecule has 0 radical (unpaired) electrons. The molecule has 2 N–H and O–H groups in total. The first kappa shape index (κ1) is 22.2. The molecule has 26 heavy (non-hydrogen) atoms. The number of aromatic nitrogens is 1. The molecule has 1 aromatic carbocycles. The summed E-state index contributed by atoms with van der Waals surface area (Å²) in [5.74, 6) is 0.734. The number of carbonyl (C=O) groups excluding carboxylic acids is 1. The fourth-order valence-corrected chi connectivity index (χ4v) is 2.51. The van der Waals surface area contributed by atoms with Gasteiger partial charge in [-0.15, -0.1) is 24.8 Å². The van der Waals surface area contributed by atoms with Crippen molar-refractivity contribution >= 4 is 30.7 Å². The number of nitrogens with zero attached hydrogens (tertiary/aromatic N) is 1. The van der Waals surface area contributed by atoms with E-state index in [4.69, 9.17) is 4.74 Å². The topological polar surface area (TPSA) is 63.2 Å². The van der Waals surface area contributed by atoms with Crippen molar-refractivity contribution in [1.82, 2.24) is 15.6 Å². The molecular formula is C18H22Cl2FN3O2. The predicted octanol–water partition coefficient (Wildman–Crippen LogP) is 3.33. The van der Waals surface area contributed by atoms with E-state index >= 15 is 0 Å². The first-order chi connectivity index (χ1) is 11.6. The van der Waals surface area contributed by atoms with Crippen LogP contribution in [0.4, 0.5) is 4.39 Å². The summed E-state index contributed by atoms with van der Waals surface area (Å²) in [7, 11) is 0. The molecule has 1 aliphatic rings. The first-order valence-corrected chi connectivity index (χ1v) is 7.99. The zero-order valence-electron chi connectivity index (χ0n) is 14.3. The van der Waals surface area contributed by atoms with Crippen LogP contribution in [0.1, 0.15) is 12.5 Å². The summed E-state index contributed by atoms with van der Waals surface area (Å²) in [6, 6.07) is 9.48. The van der Waals surface area contributed by atoms with Crippen molar-refractivity contribution in [3.63, 3.8) is 0 Å². The maximum Gasteiger partial charge on any atom is 0.224 e. The lowest BCUT2D eigenvalue weighted by Crippen LogP contribution is -2.49. The number of pyridine rings is 1. The Balaban J connectivity index is 0.00000169. The fraction of sp³-hybridized carbons (Fsp3) is 0.333. The second-order valence-corrected chi connectivity index (χ2v) is 5.95. The summed E-state index contributed by atoms with van der Waals surface area (Å²) < 4.78 is 18.9. The summed E-state index contributed by atoms with van der Waals surface area (Å²) in [4.78, 5) is 16.4. The zero-order valence-corrected chi connectivity index (χ0v) is 15.9. The Bertz CT molecular complexity index is 729. The Morgan fingerprint density at radius 2 is 2.12 bits per heavy atom. The van der Waals surface area contributed by atoms with Gasteiger partial charge in [-0.25, -0.2) is 9.37 Å². The summed E-state index contributed by atoms with van der Waals surface area (Å²) >= 11 is 0. The lowest BCUT2D eigenvalue weighted by Gasteiger charge is -2.31. The molecule has 1 aromatic heterocycles. The van der Waals surface area contributed by atoms with Crippen LogP contribution in [0.15, 0.2) is 42.6 Å². The molecule has 1 saturated heterocycles. The molecule has 3 rings (SSSR count). The number of hydrogen-bond acceptors (Lipinski definition) is 4. The molecule has 1 amide bonds. The highest BCUT2D eigenvalue weighted by Crippen LogP contribution is 2.23. The number of rotatable bonds is 6. The van der Waals surface area contributed by atoms with Crippen molar-refractivity contribution in [2.45, 2.75) is 13.5 Å². The van der Waals surface area contributed by atoms with Crippen molar-refractivity contribution in [3.05, 3.63) is 54.0 Å². The smallest absolute Gasteiger partial charge is 0.224 e. The molecule has 142 valence electrons. The number of amides is 1. The normalized spacial score (nSPS) is 14.2. The zero-order chi connectivity index (χ0) is 16.9. The van der Waals surface area contributed by atoms with E-state index in [2.05, 4.69) is 15.6 Å². The summed E-state index contributed by atoms with van der Waals surface area (Å²) in [6.07, 6.45) is 1.60. The Morgan fingerprint density at radius 3 is 2.77 bits per heavy atom. The maximum absolute atomic E-state index is 13.3. The van der Waals surface area contributed by atoms with Crippen molar-refractivity contribution in [1.29, 1.82) is 0 Å². The molecule has 1 aliphatic heterocycles. The summed E-state index contributed by atoms with van der Waals surface area (Å²) in [5.41, 5.74) is 0.744. The van der Waals surface area contributed by atoms with Crippen LogP contribution in [0, 0.1) is 17.7 Å². The molecule has 5 nitrogen and oxygen atoms in total. The summed E-state index contributed by atoms with van der Waals surface area (Å²) in [5, 5.41) is 6.10. The van der Waals surface area contributed by atoms with Crippen LogP contribution in [-0.2, 0) is 11.3 Å². The highest BCUT2D eigenvalue weighted by Gasteiger charge is 2.28. The second-order valence-electron chi connectivity index (χ2n) is 5.95. The number of halogens is 3. The third-order valence-corrected chi connectivity index (χ3v) is 4.25. The molecule has 1 atom stereocenters. The molecule has 0 saturated carbocycles. The molecule has 0 aliphatic carbocycles. The van der Waals surface area contributed by atoms with Crippen LogP contribution in [0.3, 0.4) is 0 Å². The minimum Gasteiger partial charge on any atom is -0.439 e. The highest BCUT2D eigenvalue weighted by atomic mass is 35.5. The summed E-state index contributed by atoms with van der Waals surface area (Å²) in [6.45, 7) is 4.03. The SMILES string of the molecule is CC(C(=O)NCc1cccnc1Oc1cccc(F)c1)C1CNC1.Cl.Cl. The molecule has 0 bridgehead atoms. The molecule has 1 unspecified atom stereocenters. The standard InChI is InChI=1S/C18H20FN3O2.2ClH/c1-12(14-9-20-10-14)17(23)22-11-13-4-3-7-21-18(13)24-16-6-2-5-15(19)8-16;;/h2-8,12,14,20H,9-11H2,1H3,(H,22,23);2*1H. The molecule has 0 spiro atoms. The Hall–Kier alpha value is -1.89. The minimum atomic E-state index is -0.374. The van der Waals surface area contributed by atoms with Crippen LogP contribution in [0.2, 0.25) is 0 Å². The second kappa shape index (κ2) is 10.3. The third kappa shape index (κ3) is 5.56. The van der Waals surface area contributed by atoms with Gasteiger partial charge in [0.25, 0.3) is 0 Å². The van der Waals surface area contributed by atoms with E-state index in [1.165, 1.54) is 12.1 Å². The van der Waals surface area contributed by atoms with E-state index in [1.807, 2.05) is 13.0 Å². The van der Waals surface area contributed by atoms with E-state index in [9.17, 15) is 9.18 Å². The average Bonchev–Trinajstić information content (AvgIpc) is 2.52. The van der Waals surface area contributed by atoms with Gasteiger partial charge >= 0.3 is 0 Å². The van der Waals surface area contributed by atoms with Crippen molar-refractivity contribution < 1.29 is 13.9 Å². The fourth-order valence-electron chi connectivity index (χ4n) is 2.51. The Morgan fingerprint density at radius 1 is 1.35 bits per heavy atom. The van der Waals surface area contributed by atoms with E-state index in [-0.39, 0.29) is 42.5 Å². The lowest BCUT2D eigenvalue weighted by atomic mass is 9.88. The van der Waals surface area contributed by atoms with Gasteiger partial charge in [0.05, 0.1) is 0 Å². The van der Waals surface area contributed by atoms with Crippen molar-refractivity contribution in [3.8, 4) is 11.6 Å². The van der Waals surface area contributed by atoms with Crippen LogP contribution in [0.25, 0.3) is 0 Å². The van der Waals surface area contributed by atoms with Gasteiger partial charge in [-0.2, -0.15) is 0 Å². The van der Waals surface area contributed by atoms with Crippen LogP contribution in [-0.4, -0.2) is 24.0 Å². The Kier molecular flexibility index (Phi) is 8.78. The van der Waals surface area contributed by atoms with Gasteiger partial charge in [0, 0.05) is 30.3 Å². The largest absolute Gasteiger partial charge is 0.439 e. The average molecular weight is 402 g/mol. The van der Waals surface area contributed by atoms with E-state index in [0.29, 0.717) is 24.1 Å². The lowest BCUT2D eigenvalue weighted by molar-refractivity contribution is -0.126. The van der Waals surface area contributed by atoms with Gasteiger partial charge in [0.15, 0.2) is 0 Å². The minimum absolute atomic E-state index is 0. The number of nitrogens with one attached hydrogen (secondary N) is 2. The molecule has 8 heteroatoms. The van der Waals surface area contributed by atoms with E-state index < -0.39 is 0 Å².